The van der Waals surface area contributed by atoms with Crippen LogP contribution in [-0.2, 0) is 17.6 Å². The van der Waals surface area contributed by atoms with Gasteiger partial charge in [-0.05, 0) is 66.6 Å². The Bertz CT molecular complexity index is 1320. The molecule has 3 aromatic rings. The molecule has 1 aromatic carbocycles. The molecule has 1 unspecified atom stereocenters. The maximum absolute atomic E-state index is 13.0. The van der Waals surface area contributed by atoms with E-state index in [9.17, 15) is 9.59 Å². The molecule has 0 spiro atoms. The van der Waals surface area contributed by atoms with Crippen LogP contribution in [0.1, 0.15) is 57.7 Å². The predicted molar refractivity (Wildman–Crippen MR) is 148 cm³/mol. The van der Waals surface area contributed by atoms with Gasteiger partial charge >= 0.3 is 5.97 Å². The van der Waals surface area contributed by atoms with Crippen molar-refractivity contribution in [2.45, 2.75) is 40.0 Å². The first-order valence-corrected chi connectivity index (χ1v) is 13.6. The summed E-state index contributed by atoms with van der Waals surface area (Å²) in [6.45, 7) is 6.74. The van der Waals surface area contributed by atoms with Gasteiger partial charge in [0.1, 0.15) is 15.6 Å². The van der Waals surface area contributed by atoms with Gasteiger partial charge in [0.15, 0.2) is 5.11 Å². The fourth-order valence-electron chi connectivity index (χ4n) is 4.34. The smallest absolute Gasteiger partial charge is 0.341 e. The van der Waals surface area contributed by atoms with Crippen LogP contribution in [0.25, 0.3) is 10.1 Å². The Morgan fingerprint density at radius 3 is 2.60 bits per heavy atom. The molecule has 2 aromatic heterocycles. The molecule has 0 saturated carbocycles. The molecular weight excluding hydrogens is 524 g/mol. The third-order valence-electron chi connectivity index (χ3n) is 6.38. The molecule has 1 amide bonds. The molecule has 0 bridgehead atoms. The molecule has 6 nitrogen and oxygen atoms in total. The van der Waals surface area contributed by atoms with Gasteiger partial charge in [0.2, 0.25) is 0 Å². The zero-order valence-corrected chi connectivity index (χ0v) is 23.4. The Balaban J connectivity index is 1.56. The molecule has 2 heterocycles. The number of halogens is 1. The number of anilines is 1. The first-order valence-electron chi connectivity index (χ1n) is 11.1. The number of hydrogen-bond acceptors (Lipinski definition) is 7. The standard InChI is InChI=1S/C25H27ClN2O4S3/c1-25(2,3)12-6-8-14-16(10-12)35-22(18(14)23(30)32-5)28-24(33)27-21(29)20-19(26)15-9-7-13(31-4)11-17(15)34-20/h7,9,11-12H,6,8,10H2,1-5H3,(H2,27,28,29,33). The highest BCUT2D eigenvalue weighted by atomic mass is 35.5. The van der Waals surface area contributed by atoms with Crippen LogP contribution >= 0.6 is 46.5 Å². The average molecular weight is 551 g/mol. The number of thiocarbonyl (C=S) groups is 1. The summed E-state index contributed by atoms with van der Waals surface area (Å²) in [5.41, 5.74) is 1.70. The van der Waals surface area contributed by atoms with E-state index in [0.29, 0.717) is 32.1 Å². The van der Waals surface area contributed by atoms with E-state index in [1.165, 1.54) is 29.8 Å². The Morgan fingerprint density at radius 2 is 1.94 bits per heavy atom. The summed E-state index contributed by atoms with van der Waals surface area (Å²) in [7, 11) is 2.96. The average Bonchev–Trinajstić information content (AvgIpc) is 3.33. The minimum absolute atomic E-state index is 0.0947. The number of ether oxygens (including phenoxy) is 2. The van der Waals surface area contributed by atoms with Gasteiger partial charge < -0.3 is 14.8 Å². The second-order valence-electron chi connectivity index (χ2n) is 9.52. The summed E-state index contributed by atoms with van der Waals surface area (Å²) in [6, 6.07) is 5.46. The van der Waals surface area contributed by atoms with Crippen LogP contribution in [0.15, 0.2) is 18.2 Å². The lowest BCUT2D eigenvalue weighted by molar-refractivity contribution is 0.0600. The molecule has 1 aliphatic carbocycles. The third-order valence-corrected chi connectivity index (χ3v) is 9.41. The van der Waals surface area contributed by atoms with Crippen molar-refractivity contribution in [2.24, 2.45) is 11.3 Å². The summed E-state index contributed by atoms with van der Waals surface area (Å²) in [5, 5.41) is 7.59. The van der Waals surface area contributed by atoms with E-state index >= 15 is 0 Å². The summed E-state index contributed by atoms with van der Waals surface area (Å²) in [5.74, 6) is 0.383. The number of benzene rings is 1. The van der Waals surface area contributed by atoms with Crippen molar-refractivity contribution in [3.8, 4) is 5.75 Å². The second-order valence-corrected chi connectivity index (χ2v) is 12.5. The number of amides is 1. The largest absolute Gasteiger partial charge is 0.497 e. The number of methoxy groups -OCH3 is 2. The van der Waals surface area contributed by atoms with E-state index < -0.39 is 11.9 Å². The van der Waals surface area contributed by atoms with Crippen LogP contribution in [-0.4, -0.2) is 31.2 Å². The number of thiophene rings is 2. The molecule has 0 aliphatic heterocycles. The highest BCUT2D eigenvalue weighted by Crippen LogP contribution is 2.44. The fourth-order valence-corrected chi connectivity index (χ4v) is 7.36. The molecular formula is C25H27ClN2O4S3. The van der Waals surface area contributed by atoms with Crippen molar-refractivity contribution in [1.82, 2.24) is 5.32 Å². The fraction of sp³-hybridized carbons (Fsp3) is 0.400. The third kappa shape index (κ3) is 5.18. The van der Waals surface area contributed by atoms with Crippen molar-refractivity contribution < 1.29 is 19.1 Å². The lowest BCUT2D eigenvalue weighted by atomic mass is 9.72. The lowest BCUT2D eigenvalue weighted by Crippen LogP contribution is -2.34. The van der Waals surface area contributed by atoms with E-state index in [-0.39, 0.29) is 10.5 Å². The van der Waals surface area contributed by atoms with Crippen LogP contribution in [0.2, 0.25) is 5.02 Å². The molecule has 10 heteroatoms. The van der Waals surface area contributed by atoms with Gasteiger partial charge in [0.05, 0.1) is 24.8 Å². The van der Waals surface area contributed by atoms with Gasteiger partial charge in [-0.2, -0.15) is 0 Å². The number of hydrogen-bond donors (Lipinski definition) is 2. The van der Waals surface area contributed by atoms with E-state index in [1.807, 2.05) is 12.1 Å². The van der Waals surface area contributed by atoms with E-state index in [0.717, 1.165) is 39.8 Å². The van der Waals surface area contributed by atoms with Crippen LogP contribution in [0, 0.1) is 11.3 Å². The summed E-state index contributed by atoms with van der Waals surface area (Å²) in [6.07, 6.45) is 2.71. The van der Waals surface area contributed by atoms with E-state index in [1.54, 1.807) is 13.2 Å². The van der Waals surface area contributed by atoms with Crippen molar-refractivity contribution >= 4 is 78.6 Å². The van der Waals surface area contributed by atoms with Crippen LogP contribution in [0.5, 0.6) is 5.75 Å². The Morgan fingerprint density at radius 1 is 1.20 bits per heavy atom. The van der Waals surface area contributed by atoms with E-state index in [4.69, 9.17) is 33.3 Å². The normalized spacial score (nSPS) is 15.4. The molecule has 2 N–H and O–H groups in total. The summed E-state index contributed by atoms with van der Waals surface area (Å²) < 4.78 is 11.2. The maximum atomic E-state index is 13.0. The molecule has 0 fully saturated rings. The maximum Gasteiger partial charge on any atom is 0.341 e. The Hall–Kier alpha value is -2.20. The quantitative estimate of drug-likeness (QED) is 0.278. The Labute approximate surface area is 223 Å². The zero-order valence-electron chi connectivity index (χ0n) is 20.2. The number of carbonyl (C=O) groups is 2. The molecule has 0 saturated heterocycles. The summed E-state index contributed by atoms with van der Waals surface area (Å²) >= 11 is 14.7. The minimum Gasteiger partial charge on any atom is -0.497 e. The molecule has 35 heavy (non-hydrogen) atoms. The van der Waals surface area contributed by atoms with Crippen molar-refractivity contribution in [3.05, 3.63) is 44.1 Å². The van der Waals surface area contributed by atoms with Gasteiger partial charge in [-0.15, -0.1) is 22.7 Å². The Kier molecular flexibility index (Phi) is 7.43. The summed E-state index contributed by atoms with van der Waals surface area (Å²) in [4.78, 5) is 27.2. The molecule has 186 valence electrons. The number of esters is 1. The van der Waals surface area contributed by atoms with Crippen LogP contribution < -0.4 is 15.4 Å². The van der Waals surface area contributed by atoms with Gasteiger partial charge in [0, 0.05) is 15.0 Å². The molecule has 4 rings (SSSR count). The van der Waals surface area contributed by atoms with Crippen LogP contribution in [0.4, 0.5) is 5.00 Å². The first kappa shape index (κ1) is 25.9. The zero-order chi connectivity index (χ0) is 25.5. The van der Waals surface area contributed by atoms with E-state index in [2.05, 4.69) is 31.4 Å². The van der Waals surface area contributed by atoms with Gasteiger partial charge in [-0.25, -0.2) is 4.79 Å². The molecule has 1 aliphatic rings. The number of rotatable bonds is 4. The highest BCUT2D eigenvalue weighted by Gasteiger charge is 2.34. The topological polar surface area (TPSA) is 76.7 Å². The monoisotopic (exact) mass is 550 g/mol. The minimum atomic E-state index is -0.415. The number of fused-ring (bicyclic) bond motifs is 2. The molecule has 1 atom stereocenters. The second kappa shape index (κ2) is 10.0. The first-order chi connectivity index (χ1) is 16.5. The van der Waals surface area contributed by atoms with Crippen molar-refractivity contribution in [2.75, 3.05) is 19.5 Å². The predicted octanol–water partition coefficient (Wildman–Crippen LogP) is 6.69. The lowest BCUT2D eigenvalue weighted by Gasteiger charge is -2.33. The number of carbonyl (C=O) groups excluding carboxylic acids is 2. The molecule has 0 radical (unpaired) electrons. The van der Waals surface area contributed by atoms with Gasteiger partial charge in [-0.3, -0.25) is 10.1 Å². The van der Waals surface area contributed by atoms with Crippen LogP contribution in [0.3, 0.4) is 0 Å². The highest BCUT2D eigenvalue weighted by molar-refractivity contribution is 7.80. The number of nitrogens with one attached hydrogen (secondary N) is 2. The van der Waals surface area contributed by atoms with Crippen molar-refractivity contribution in [3.63, 3.8) is 0 Å². The van der Waals surface area contributed by atoms with Gasteiger partial charge in [-0.1, -0.05) is 32.4 Å². The van der Waals surface area contributed by atoms with Gasteiger partial charge in [0.25, 0.3) is 5.91 Å². The SMILES string of the molecule is COC(=O)c1c(NC(=S)NC(=O)c2sc3cc(OC)ccc3c2Cl)sc2c1CCC(C(C)(C)C)C2. The van der Waals surface area contributed by atoms with Crippen molar-refractivity contribution in [1.29, 1.82) is 0 Å².